The van der Waals surface area contributed by atoms with Crippen molar-refractivity contribution in [2.75, 3.05) is 18.0 Å². The molecule has 1 aromatic heterocycles. The normalized spacial score (nSPS) is 23.7. The SMILES string of the molecule is CCCc1cc(N2CCC(NC3CCCCC3)C2)ncn1. The van der Waals surface area contributed by atoms with Gasteiger partial charge in [0.1, 0.15) is 12.1 Å². The second-order valence-electron chi connectivity index (χ2n) is 6.55. The number of aromatic nitrogens is 2. The van der Waals surface area contributed by atoms with Gasteiger partial charge >= 0.3 is 0 Å². The van der Waals surface area contributed by atoms with E-state index in [4.69, 9.17) is 0 Å². The summed E-state index contributed by atoms with van der Waals surface area (Å²) < 4.78 is 0. The van der Waals surface area contributed by atoms with Crippen molar-refractivity contribution in [2.24, 2.45) is 0 Å². The summed E-state index contributed by atoms with van der Waals surface area (Å²) in [6, 6.07) is 3.56. The molecule has 4 nitrogen and oxygen atoms in total. The minimum absolute atomic E-state index is 0.637. The summed E-state index contributed by atoms with van der Waals surface area (Å²) >= 11 is 0. The van der Waals surface area contributed by atoms with Crippen molar-refractivity contribution in [1.82, 2.24) is 15.3 Å². The maximum absolute atomic E-state index is 4.47. The van der Waals surface area contributed by atoms with E-state index in [-0.39, 0.29) is 0 Å². The zero-order valence-corrected chi connectivity index (χ0v) is 13.2. The zero-order chi connectivity index (χ0) is 14.5. The molecule has 0 spiro atoms. The van der Waals surface area contributed by atoms with Crippen LogP contribution in [0.15, 0.2) is 12.4 Å². The summed E-state index contributed by atoms with van der Waals surface area (Å²) in [6.07, 6.45) is 12.1. The fourth-order valence-electron chi connectivity index (χ4n) is 3.66. The first-order valence-corrected chi connectivity index (χ1v) is 8.67. The summed E-state index contributed by atoms with van der Waals surface area (Å²) in [7, 11) is 0. The molecule has 2 heterocycles. The fourth-order valence-corrected chi connectivity index (χ4v) is 3.66. The van der Waals surface area contributed by atoms with Gasteiger partial charge in [0.15, 0.2) is 0 Å². The molecule has 2 fully saturated rings. The van der Waals surface area contributed by atoms with Crippen LogP contribution in [0.25, 0.3) is 0 Å². The van der Waals surface area contributed by atoms with Gasteiger partial charge in [0.05, 0.1) is 0 Å². The van der Waals surface area contributed by atoms with Crippen LogP contribution >= 0.6 is 0 Å². The average Bonchev–Trinajstić information content (AvgIpc) is 2.97. The molecular weight excluding hydrogens is 260 g/mol. The number of aryl methyl sites for hydroxylation is 1. The topological polar surface area (TPSA) is 41.0 Å². The molecule has 1 aromatic rings. The zero-order valence-electron chi connectivity index (χ0n) is 13.2. The highest BCUT2D eigenvalue weighted by atomic mass is 15.2. The van der Waals surface area contributed by atoms with E-state index in [1.165, 1.54) is 44.2 Å². The first kappa shape index (κ1) is 14.8. The number of hydrogen-bond donors (Lipinski definition) is 1. The second-order valence-corrected chi connectivity index (χ2v) is 6.55. The van der Waals surface area contributed by atoms with E-state index in [1.807, 2.05) is 0 Å². The first-order valence-electron chi connectivity index (χ1n) is 8.67. The van der Waals surface area contributed by atoms with Crippen LogP contribution in [0.5, 0.6) is 0 Å². The van der Waals surface area contributed by atoms with Gasteiger partial charge in [-0.3, -0.25) is 0 Å². The maximum Gasteiger partial charge on any atom is 0.132 e. The summed E-state index contributed by atoms with van der Waals surface area (Å²) in [5.74, 6) is 1.11. The molecule has 3 rings (SSSR count). The Morgan fingerprint density at radius 1 is 1.14 bits per heavy atom. The molecule has 116 valence electrons. The van der Waals surface area contributed by atoms with E-state index < -0.39 is 0 Å². The van der Waals surface area contributed by atoms with E-state index in [1.54, 1.807) is 6.33 Å². The number of nitrogens with zero attached hydrogens (tertiary/aromatic N) is 3. The van der Waals surface area contributed by atoms with Crippen LogP contribution < -0.4 is 10.2 Å². The summed E-state index contributed by atoms with van der Waals surface area (Å²) in [5, 5.41) is 3.87. The van der Waals surface area contributed by atoms with E-state index in [0.29, 0.717) is 6.04 Å². The van der Waals surface area contributed by atoms with E-state index in [9.17, 15) is 0 Å². The lowest BCUT2D eigenvalue weighted by atomic mass is 9.95. The van der Waals surface area contributed by atoms with Crippen molar-refractivity contribution < 1.29 is 0 Å². The van der Waals surface area contributed by atoms with Gasteiger partial charge in [0, 0.05) is 36.9 Å². The van der Waals surface area contributed by atoms with Crippen molar-refractivity contribution >= 4 is 5.82 Å². The van der Waals surface area contributed by atoms with Gasteiger partial charge in [0.2, 0.25) is 0 Å². The highest BCUT2D eigenvalue weighted by Crippen LogP contribution is 2.22. The molecule has 1 aliphatic heterocycles. The highest BCUT2D eigenvalue weighted by Gasteiger charge is 2.26. The second kappa shape index (κ2) is 7.21. The molecule has 4 heteroatoms. The Morgan fingerprint density at radius 3 is 2.81 bits per heavy atom. The maximum atomic E-state index is 4.47. The predicted octanol–water partition coefficient (Wildman–Crippen LogP) is 2.93. The largest absolute Gasteiger partial charge is 0.355 e. The van der Waals surface area contributed by atoms with Crippen molar-refractivity contribution in [3.05, 3.63) is 18.1 Å². The Kier molecular flexibility index (Phi) is 5.07. The van der Waals surface area contributed by atoms with Gasteiger partial charge in [0.25, 0.3) is 0 Å². The molecule has 1 atom stereocenters. The van der Waals surface area contributed by atoms with Crippen LogP contribution in [0.2, 0.25) is 0 Å². The molecule has 21 heavy (non-hydrogen) atoms. The van der Waals surface area contributed by atoms with Crippen molar-refractivity contribution in [2.45, 2.75) is 70.4 Å². The molecule has 0 bridgehead atoms. The third-order valence-electron chi connectivity index (χ3n) is 4.80. The standard InChI is InChI=1S/C17H28N4/c1-2-6-15-11-17(19-13-18-15)21-10-9-16(12-21)20-14-7-4-3-5-8-14/h11,13-14,16,20H,2-10,12H2,1H3. The van der Waals surface area contributed by atoms with E-state index in [0.717, 1.165) is 37.8 Å². The van der Waals surface area contributed by atoms with Gasteiger partial charge in [-0.25, -0.2) is 9.97 Å². The van der Waals surface area contributed by atoms with Crippen molar-refractivity contribution in [3.63, 3.8) is 0 Å². The predicted molar refractivity (Wildman–Crippen MR) is 86.7 cm³/mol. The highest BCUT2D eigenvalue weighted by molar-refractivity contribution is 5.40. The summed E-state index contributed by atoms with van der Waals surface area (Å²) in [4.78, 5) is 11.2. The van der Waals surface area contributed by atoms with E-state index >= 15 is 0 Å². The number of anilines is 1. The molecular formula is C17H28N4. The Hall–Kier alpha value is -1.16. The molecule has 1 N–H and O–H groups in total. The lowest BCUT2D eigenvalue weighted by molar-refractivity contribution is 0.344. The Labute approximate surface area is 128 Å². The molecule has 1 saturated heterocycles. The van der Waals surface area contributed by atoms with Crippen molar-refractivity contribution in [1.29, 1.82) is 0 Å². The van der Waals surface area contributed by atoms with Crippen LogP contribution in [0.1, 0.15) is 57.6 Å². The van der Waals surface area contributed by atoms with Crippen LogP contribution in [0, 0.1) is 0 Å². The van der Waals surface area contributed by atoms with Gasteiger partial charge in [-0.15, -0.1) is 0 Å². The van der Waals surface area contributed by atoms with Crippen molar-refractivity contribution in [3.8, 4) is 0 Å². The lowest BCUT2D eigenvalue weighted by Gasteiger charge is -2.26. The van der Waals surface area contributed by atoms with E-state index in [2.05, 4.69) is 33.2 Å². The van der Waals surface area contributed by atoms with Crippen LogP contribution in [0.3, 0.4) is 0 Å². The molecule has 0 amide bonds. The van der Waals surface area contributed by atoms with Gasteiger partial charge < -0.3 is 10.2 Å². The average molecular weight is 288 g/mol. The van der Waals surface area contributed by atoms with Crippen LogP contribution in [0.4, 0.5) is 5.82 Å². The summed E-state index contributed by atoms with van der Waals surface area (Å²) in [5.41, 5.74) is 1.17. The molecule has 2 aliphatic rings. The van der Waals surface area contributed by atoms with Crippen LogP contribution in [-0.2, 0) is 6.42 Å². The monoisotopic (exact) mass is 288 g/mol. The molecule has 1 unspecified atom stereocenters. The Morgan fingerprint density at radius 2 is 2.00 bits per heavy atom. The Bertz CT molecular complexity index is 442. The van der Waals surface area contributed by atoms with Crippen LogP contribution in [-0.4, -0.2) is 35.1 Å². The smallest absolute Gasteiger partial charge is 0.132 e. The molecule has 0 radical (unpaired) electrons. The number of nitrogens with one attached hydrogen (secondary N) is 1. The molecule has 1 aliphatic carbocycles. The minimum Gasteiger partial charge on any atom is -0.355 e. The lowest BCUT2D eigenvalue weighted by Crippen LogP contribution is -2.41. The van der Waals surface area contributed by atoms with Gasteiger partial charge in [-0.2, -0.15) is 0 Å². The third-order valence-corrected chi connectivity index (χ3v) is 4.80. The molecule has 1 saturated carbocycles. The Balaban J connectivity index is 1.54. The molecule has 0 aromatic carbocycles. The number of rotatable bonds is 5. The quantitative estimate of drug-likeness (QED) is 0.904. The fraction of sp³-hybridized carbons (Fsp3) is 0.765. The van der Waals surface area contributed by atoms with Gasteiger partial charge in [-0.05, 0) is 25.7 Å². The minimum atomic E-state index is 0.637. The summed E-state index contributed by atoms with van der Waals surface area (Å²) in [6.45, 7) is 4.41. The van der Waals surface area contributed by atoms with Gasteiger partial charge in [-0.1, -0.05) is 32.6 Å². The third kappa shape index (κ3) is 3.94. The first-order chi connectivity index (χ1) is 10.3. The number of hydrogen-bond acceptors (Lipinski definition) is 4.